The Kier molecular flexibility index (Phi) is 5.75. The number of halogens is 5. The Labute approximate surface area is 169 Å². The average Bonchev–Trinajstić information content (AvgIpc) is 2.98. The van der Waals surface area contributed by atoms with E-state index in [0.29, 0.717) is 17.4 Å². The predicted octanol–water partition coefficient (Wildman–Crippen LogP) is 4.78. The molecule has 1 N–H and O–H groups in total. The first-order valence-electron chi connectivity index (χ1n) is 8.52. The molecule has 158 valence electrons. The lowest BCUT2D eigenvalue weighted by atomic mass is 10.1. The van der Waals surface area contributed by atoms with E-state index in [1.807, 2.05) is 0 Å². The fourth-order valence-corrected chi connectivity index (χ4v) is 4.16. The van der Waals surface area contributed by atoms with Crippen LogP contribution in [0.2, 0.25) is 0 Å². The molecule has 1 atom stereocenters. The van der Waals surface area contributed by atoms with Crippen molar-refractivity contribution in [2.45, 2.75) is 25.6 Å². The van der Waals surface area contributed by atoms with Crippen LogP contribution in [0.4, 0.5) is 22.0 Å². The zero-order valence-corrected chi connectivity index (χ0v) is 16.0. The Morgan fingerprint density at radius 2 is 1.80 bits per heavy atom. The van der Waals surface area contributed by atoms with E-state index in [1.54, 1.807) is 0 Å². The molecule has 1 unspecified atom stereocenters. The molecule has 1 heterocycles. The number of fused-ring (bicyclic) bond motifs is 1. The fraction of sp³-hybridized carbons (Fsp3) is 0.211. The van der Waals surface area contributed by atoms with Gasteiger partial charge >= 0.3 is 12.1 Å². The van der Waals surface area contributed by atoms with Gasteiger partial charge in [0.25, 0.3) is 5.91 Å². The first-order chi connectivity index (χ1) is 14.0. The monoisotopic (exact) mass is 444 g/mol. The number of hydrogen-bond donors (Lipinski definition) is 1. The summed E-state index contributed by atoms with van der Waals surface area (Å²) in [6.07, 6.45) is -4.73. The minimum Gasteiger partial charge on any atom is -0.480 e. The molecule has 0 bridgehead atoms. The van der Waals surface area contributed by atoms with E-state index in [4.69, 9.17) is 0 Å². The summed E-state index contributed by atoms with van der Waals surface area (Å²) in [5.41, 5.74) is -1.54. The molecule has 5 nitrogen and oxygen atoms in total. The molecule has 3 rings (SSSR count). The minimum absolute atomic E-state index is 0.00656. The van der Waals surface area contributed by atoms with Gasteiger partial charge in [0.05, 0.1) is 15.8 Å². The van der Waals surface area contributed by atoms with Gasteiger partial charge in [-0.3, -0.25) is 4.79 Å². The van der Waals surface area contributed by atoms with E-state index in [2.05, 4.69) is 4.99 Å². The van der Waals surface area contributed by atoms with Gasteiger partial charge in [-0.25, -0.2) is 13.6 Å². The number of rotatable bonds is 4. The average molecular weight is 444 g/mol. The van der Waals surface area contributed by atoms with Crippen LogP contribution in [0, 0.1) is 11.6 Å². The van der Waals surface area contributed by atoms with Gasteiger partial charge in [0, 0.05) is 11.6 Å². The smallest absolute Gasteiger partial charge is 0.417 e. The summed E-state index contributed by atoms with van der Waals surface area (Å²) in [7, 11) is 0. The number of hydrogen-bond acceptors (Lipinski definition) is 3. The third-order valence-electron chi connectivity index (χ3n) is 4.25. The van der Waals surface area contributed by atoms with Crippen LogP contribution in [0.3, 0.4) is 0 Å². The SMILES string of the molecule is CCC(C(=O)O)n1/c(=N/C(=O)c2cc(F)cc(F)c2)sc2c(C(F)(F)F)cccc21. The summed E-state index contributed by atoms with van der Waals surface area (Å²) < 4.78 is 67.8. The number of carboxylic acid groups (broad SMARTS) is 1. The van der Waals surface area contributed by atoms with Crippen LogP contribution in [0.5, 0.6) is 0 Å². The molecule has 0 radical (unpaired) electrons. The lowest BCUT2D eigenvalue weighted by Gasteiger charge is -2.14. The second-order valence-corrected chi connectivity index (χ2v) is 7.22. The zero-order valence-electron chi connectivity index (χ0n) is 15.2. The lowest BCUT2D eigenvalue weighted by Crippen LogP contribution is -2.27. The maximum atomic E-state index is 13.4. The van der Waals surface area contributed by atoms with Crippen LogP contribution in [0.1, 0.15) is 35.3 Å². The normalized spacial score (nSPS) is 13.6. The molecule has 0 aliphatic heterocycles. The molecule has 11 heteroatoms. The Balaban J connectivity index is 2.33. The van der Waals surface area contributed by atoms with E-state index in [9.17, 15) is 36.6 Å². The number of thiazole rings is 1. The van der Waals surface area contributed by atoms with E-state index < -0.39 is 46.9 Å². The quantitative estimate of drug-likeness (QED) is 0.589. The topological polar surface area (TPSA) is 71.7 Å². The standard InChI is InChI=1S/C19H13F5N2O3S/c1-2-13(17(28)29)26-14-5-3-4-12(19(22,23)24)15(14)30-18(26)25-16(27)9-6-10(20)8-11(21)7-9/h3-8,13H,2H2,1H3,(H,28,29)/b25-18-. The Hall–Kier alpha value is -3.08. The summed E-state index contributed by atoms with van der Waals surface area (Å²) >= 11 is 0.475. The summed E-state index contributed by atoms with van der Waals surface area (Å²) in [6, 6.07) is 3.93. The minimum atomic E-state index is -4.72. The summed E-state index contributed by atoms with van der Waals surface area (Å²) in [5, 5.41) is 9.52. The van der Waals surface area contributed by atoms with Crippen LogP contribution in [-0.2, 0) is 11.0 Å². The molecule has 0 saturated carbocycles. The van der Waals surface area contributed by atoms with Crippen molar-refractivity contribution in [3.05, 3.63) is 64.0 Å². The Morgan fingerprint density at radius 1 is 1.17 bits per heavy atom. The summed E-state index contributed by atoms with van der Waals surface area (Å²) in [5.74, 6) is -4.52. The second kappa shape index (κ2) is 7.98. The second-order valence-electron chi connectivity index (χ2n) is 6.24. The Morgan fingerprint density at radius 3 is 2.33 bits per heavy atom. The summed E-state index contributed by atoms with van der Waals surface area (Å²) in [6.45, 7) is 1.51. The van der Waals surface area contributed by atoms with Crippen molar-refractivity contribution in [2.24, 2.45) is 4.99 Å². The molecule has 2 aromatic carbocycles. The van der Waals surface area contributed by atoms with E-state index in [0.717, 1.165) is 28.8 Å². The third-order valence-corrected chi connectivity index (χ3v) is 5.35. The fourth-order valence-electron chi connectivity index (χ4n) is 2.96. The Bertz CT molecular complexity index is 1190. The van der Waals surface area contributed by atoms with Gasteiger partial charge in [-0.15, -0.1) is 0 Å². The van der Waals surface area contributed by atoms with Crippen molar-refractivity contribution in [1.29, 1.82) is 0 Å². The number of aromatic nitrogens is 1. The number of carboxylic acids is 1. The van der Waals surface area contributed by atoms with Gasteiger partial charge < -0.3 is 9.67 Å². The van der Waals surface area contributed by atoms with Crippen LogP contribution < -0.4 is 4.80 Å². The number of benzene rings is 2. The highest BCUT2D eigenvalue weighted by molar-refractivity contribution is 7.16. The van der Waals surface area contributed by atoms with Crippen LogP contribution >= 0.6 is 11.3 Å². The molecule has 30 heavy (non-hydrogen) atoms. The van der Waals surface area contributed by atoms with Crippen molar-refractivity contribution in [3.63, 3.8) is 0 Å². The molecule has 0 spiro atoms. The highest BCUT2D eigenvalue weighted by Crippen LogP contribution is 2.37. The van der Waals surface area contributed by atoms with Crippen molar-refractivity contribution < 1.29 is 36.6 Å². The van der Waals surface area contributed by atoms with E-state index in [-0.39, 0.29) is 21.4 Å². The largest absolute Gasteiger partial charge is 0.480 e. The molecule has 1 aromatic heterocycles. The van der Waals surface area contributed by atoms with Crippen molar-refractivity contribution in [3.8, 4) is 0 Å². The number of alkyl halides is 3. The number of carbonyl (C=O) groups is 2. The molecule has 1 amide bonds. The molecular weight excluding hydrogens is 431 g/mol. The van der Waals surface area contributed by atoms with E-state index >= 15 is 0 Å². The van der Waals surface area contributed by atoms with Crippen molar-refractivity contribution >= 4 is 33.4 Å². The first-order valence-corrected chi connectivity index (χ1v) is 9.33. The van der Waals surface area contributed by atoms with Crippen molar-refractivity contribution in [1.82, 2.24) is 4.57 Å². The number of aliphatic carboxylic acids is 1. The van der Waals surface area contributed by atoms with Gasteiger partial charge in [0.15, 0.2) is 4.80 Å². The van der Waals surface area contributed by atoms with Crippen LogP contribution in [0.25, 0.3) is 10.2 Å². The molecule has 0 saturated heterocycles. The molecule has 0 aliphatic rings. The summed E-state index contributed by atoms with van der Waals surface area (Å²) in [4.78, 5) is 27.5. The highest BCUT2D eigenvalue weighted by atomic mass is 32.1. The van der Waals surface area contributed by atoms with E-state index in [1.165, 1.54) is 13.0 Å². The maximum absolute atomic E-state index is 13.4. The van der Waals surface area contributed by atoms with Gasteiger partial charge in [-0.1, -0.05) is 24.3 Å². The van der Waals surface area contributed by atoms with Gasteiger partial charge in [-0.05, 0) is 30.7 Å². The van der Waals surface area contributed by atoms with Gasteiger partial charge in [-0.2, -0.15) is 18.2 Å². The number of carbonyl (C=O) groups excluding carboxylic acids is 1. The molecular formula is C19H13F5N2O3S. The van der Waals surface area contributed by atoms with Gasteiger partial charge in [0.1, 0.15) is 17.7 Å². The molecule has 3 aromatic rings. The van der Waals surface area contributed by atoms with Crippen LogP contribution in [0.15, 0.2) is 41.4 Å². The third kappa shape index (κ3) is 4.11. The first kappa shape index (κ1) is 21.6. The molecule has 0 aliphatic carbocycles. The predicted molar refractivity (Wildman–Crippen MR) is 98.0 cm³/mol. The van der Waals surface area contributed by atoms with Gasteiger partial charge in [0.2, 0.25) is 0 Å². The molecule has 0 fully saturated rings. The maximum Gasteiger partial charge on any atom is 0.417 e. The van der Waals surface area contributed by atoms with Crippen molar-refractivity contribution in [2.75, 3.05) is 0 Å². The number of amides is 1. The highest BCUT2D eigenvalue weighted by Gasteiger charge is 2.34. The zero-order chi connectivity index (χ0) is 22.2. The number of nitrogens with zero attached hydrogens (tertiary/aromatic N) is 2. The lowest BCUT2D eigenvalue weighted by molar-refractivity contribution is -0.141. The van der Waals surface area contributed by atoms with Crippen LogP contribution in [-0.4, -0.2) is 21.6 Å².